The van der Waals surface area contributed by atoms with Gasteiger partial charge in [0.2, 0.25) is 0 Å². The molecule has 0 aliphatic rings. The zero-order valence-electron chi connectivity index (χ0n) is 9.72. The highest BCUT2D eigenvalue weighted by atomic mass is 32.2. The monoisotopic (exact) mass is 280 g/mol. The van der Waals surface area contributed by atoms with Gasteiger partial charge in [-0.15, -0.1) is 0 Å². The van der Waals surface area contributed by atoms with E-state index in [-0.39, 0.29) is 11.1 Å². The Bertz CT molecular complexity index is 568. The summed E-state index contributed by atoms with van der Waals surface area (Å²) < 4.78 is 28.0. The van der Waals surface area contributed by atoms with Gasteiger partial charge < -0.3 is 5.11 Å². The summed E-state index contributed by atoms with van der Waals surface area (Å²) in [7, 11) is 0. The minimum Gasteiger partial charge on any atom is -0.478 e. The van der Waals surface area contributed by atoms with Gasteiger partial charge in [-0.2, -0.15) is 8.78 Å². The Hall–Kier alpha value is -1.88. The molecule has 0 spiro atoms. The molecule has 2 aromatic carbocycles. The first kappa shape index (κ1) is 13.5. The fraction of sp³-hybridized carbons (Fsp3) is 0.0714. The Balaban J connectivity index is 2.21. The number of carboxylic acid groups (broad SMARTS) is 1. The average molecular weight is 280 g/mol. The molecule has 98 valence electrons. The van der Waals surface area contributed by atoms with E-state index in [0.29, 0.717) is 16.7 Å². The van der Waals surface area contributed by atoms with Crippen LogP contribution in [0.15, 0.2) is 59.5 Å². The molecule has 2 nitrogen and oxygen atoms in total. The number of halogens is 2. The molecule has 0 unspecified atom stereocenters. The second-order valence-electron chi connectivity index (χ2n) is 3.81. The van der Waals surface area contributed by atoms with Crippen molar-refractivity contribution in [2.75, 3.05) is 0 Å². The molecule has 2 aromatic rings. The third kappa shape index (κ3) is 3.32. The predicted octanol–water partition coefficient (Wildman–Crippen LogP) is 4.23. The fourth-order valence-corrected chi connectivity index (χ4v) is 2.35. The van der Waals surface area contributed by atoms with Crippen LogP contribution in [0.4, 0.5) is 8.78 Å². The van der Waals surface area contributed by atoms with Gasteiger partial charge in [-0.1, -0.05) is 30.3 Å². The van der Waals surface area contributed by atoms with Crippen molar-refractivity contribution in [3.05, 3.63) is 65.7 Å². The number of hydrogen-bond acceptors (Lipinski definition) is 2. The van der Waals surface area contributed by atoms with Gasteiger partial charge in [0.1, 0.15) is 0 Å². The van der Waals surface area contributed by atoms with Gasteiger partial charge >= 0.3 is 11.2 Å². The lowest BCUT2D eigenvalue weighted by molar-refractivity contribution is 0.0695. The molecule has 2 rings (SSSR count). The van der Waals surface area contributed by atoms with Crippen LogP contribution in [0.2, 0.25) is 0 Å². The molecule has 0 radical (unpaired) electrons. The van der Waals surface area contributed by atoms with Gasteiger partial charge in [0.25, 0.3) is 0 Å². The topological polar surface area (TPSA) is 37.3 Å². The van der Waals surface area contributed by atoms with Crippen molar-refractivity contribution in [2.24, 2.45) is 0 Å². The summed E-state index contributed by atoms with van der Waals surface area (Å²) in [5.41, 5.74) is -0.226. The molecular formula is C14H10F2O2S. The highest BCUT2D eigenvalue weighted by Crippen LogP contribution is 2.44. The highest BCUT2D eigenvalue weighted by molar-refractivity contribution is 8.00. The summed E-state index contributed by atoms with van der Waals surface area (Å²) in [6.07, 6.45) is 0. The smallest absolute Gasteiger partial charge is 0.335 e. The maximum Gasteiger partial charge on any atom is 0.335 e. The van der Waals surface area contributed by atoms with E-state index in [1.54, 1.807) is 30.3 Å². The van der Waals surface area contributed by atoms with E-state index in [2.05, 4.69) is 0 Å². The number of aromatic carboxylic acids is 1. The lowest BCUT2D eigenvalue weighted by Gasteiger charge is -2.16. The molecule has 0 amide bonds. The van der Waals surface area contributed by atoms with Crippen molar-refractivity contribution in [1.82, 2.24) is 0 Å². The molecule has 5 heteroatoms. The predicted molar refractivity (Wildman–Crippen MR) is 69.6 cm³/mol. The maximum absolute atomic E-state index is 14.0. The zero-order chi connectivity index (χ0) is 13.9. The van der Waals surface area contributed by atoms with Gasteiger partial charge in [-0.25, -0.2) is 4.79 Å². The summed E-state index contributed by atoms with van der Waals surface area (Å²) >= 11 is 0.432. The quantitative estimate of drug-likeness (QED) is 0.852. The summed E-state index contributed by atoms with van der Waals surface area (Å²) in [5, 5.41) is 5.62. The molecular weight excluding hydrogens is 270 g/mol. The van der Waals surface area contributed by atoms with Crippen LogP contribution in [0.3, 0.4) is 0 Å². The van der Waals surface area contributed by atoms with Gasteiger partial charge in [-0.3, -0.25) is 0 Å². The molecule has 0 heterocycles. The zero-order valence-corrected chi connectivity index (χ0v) is 10.5. The molecule has 0 atom stereocenters. The van der Waals surface area contributed by atoms with E-state index in [0.717, 1.165) is 12.1 Å². The first-order valence-electron chi connectivity index (χ1n) is 5.45. The molecule has 1 N–H and O–H groups in total. The van der Waals surface area contributed by atoms with Crippen LogP contribution in [-0.4, -0.2) is 11.1 Å². The molecule has 0 aliphatic heterocycles. The van der Waals surface area contributed by atoms with Crippen LogP contribution in [0, 0.1) is 0 Å². The van der Waals surface area contributed by atoms with Crippen molar-refractivity contribution in [3.8, 4) is 0 Å². The van der Waals surface area contributed by atoms with Crippen molar-refractivity contribution in [2.45, 2.75) is 10.2 Å². The van der Waals surface area contributed by atoms with Crippen LogP contribution in [0.1, 0.15) is 15.9 Å². The number of rotatable bonds is 4. The van der Waals surface area contributed by atoms with Crippen LogP contribution >= 0.6 is 11.8 Å². The number of carbonyl (C=O) groups is 1. The van der Waals surface area contributed by atoms with E-state index < -0.39 is 11.2 Å². The van der Waals surface area contributed by atoms with E-state index in [9.17, 15) is 13.6 Å². The average Bonchev–Trinajstić information content (AvgIpc) is 2.39. The highest BCUT2D eigenvalue weighted by Gasteiger charge is 2.33. The second kappa shape index (κ2) is 5.40. The minimum absolute atomic E-state index is 0.00994. The van der Waals surface area contributed by atoms with Gasteiger partial charge in [0.05, 0.1) is 5.56 Å². The van der Waals surface area contributed by atoms with E-state index in [1.807, 2.05) is 0 Å². The van der Waals surface area contributed by atoms with Gasteiger partial charge in [0.15, 0.2) is 0 Å². The summed E-state index contributed by atoms with van der Waals surface area (Å²) in [4.78, 5) is 11.1. The molecule has 0 fully saturated rings. The lowest BCUT2D eigenvalue weighted by atomic mass is 10.1. The Morgan fingerprint density at radius 1 is 1.00 bits per heavy atom. The summed E-state index contributed by atoms with van der Waals surface area (Å²) in [6.45, 7) is 0. The van der Waals surface area contributed by atoms with Crippen LogP contribution < -0.4 is 0 Å². The first-order chi connectivity index (χ1) is 8.99. The van der Waals surface area contributed by atoms with Gasteiger partial charge in [-0.05, 0) is 36.0 Å². The molecule has 0 saturated carbocycles. The first-order valence-corrected chi connectivity index (χ1v) is 6.26. The van der Waals surface area contributed by atoms with E-state index >= 15 is 0 Å². The van der Waals surface area contributed by atoms with Crippen molar-refractivity contribution in [1.29, 1.82) is 0 Å². The molecule has 0 bridgehead atoms. The third-order valence-electron chi connectivity index (χ3n) is 2.46. The molecule has 0 saturated heterocycles. The number of thioether (sulfide) groups is 1. The Morgan fingerprint density at radius 2 is 1.58 bits per heavy atom. The summed E-state index contributed by atoms with van der Waals surface area (Å²) in [6, 6.07) is 13.0. The Morgan fingerprint density at radius 3 is 2.11 bits per heavy atom. The number of hydrogen-bond donors (Lipinski definition) is 1. The maximum atomic E-state index is 14.0. The van der Waals surface area contributed by atoms with Crippen molar-refractivity contribution in [3.63, 3.8) is 0 Å². The Labute approximate surface area is 113 Å². The molecule has 0 aliphatic carbocycles. The van der Waals surface area contributed by atoms with Gasteiger partial charge in [0, 0.05) is 10.5 Å². The van der Waals surface area contributed by atoms with E-state index in [4.69, 9.17) is 5.11 Å². The van der Waals surface area contributed by atoms with Crippen LogP contribution in [0.5, 0.6) is 0 Å². The van der Waals surface area contributed by atoms with Crippen molar-refractivity contribution < 1.29 is 18.7 Å². The summed E-state index contributed by atoms with van der Waals surface area (Å²) in [5.74, 6) is -1.13. The fourth-order valence-electron chi connectivity index (χ4n) is 1.50. The molecule has 0 aromatic heterocycles. The van der Waals surface area contributed by atoms with E-state index in [1.165, 1.54) is 12.1 Å². The Kier molecular flexibility index (Phi) is 3.85. The number of carboxylic acids is 1. The normalized spacial score (nSPS) is 11.3. The lowest BCUT2D eigenvalue weighted by Crippen LogP contribution is -2.08. The number of alkyl halides is 2. The minimum atomic E-state index is -3.10. The standard InChI is InChI=1S/C14H10F2O2S/c15-14(16,19-12-4-2-1-3-5-12)11-8-6-10(7-9-11)13(17)18/h1-9H,(H,17,18). The van der Waals surface area contributed by atoms with Crippen LogP contribution in [0.25, 0.3) is 0 Å². The second-order valence-corrected chi connectivity index (χ2v) is 5.00. The third-order valence-corrected chi connectivity index (χ3v) is 3.46. The largest absolute Gasteiger partial charge is 0.478 e. The van der Waals surface area contributed by atoms with Crippen molar-refractivity contribution >= 4 is 17.7 Å². The van der Waals surface area contributed by atoms with Crippen LogP contribution in [-0.2, 0) is 5.25 Å². The SMILES string of the molecule is O=C(O)c1ccc(C(F)(F)Sc2ccccc2)cc1. The molecule has 19 heavy (non-hydrogen) atoms. The number of benzene rings is 2.